The Bertz CT molecular complexity index is 464. The number of carbonyl (C=O) groups is 1. The number of aliphatic carboxylic acids is 1. The largest absolute Gasteiger partial charge is 0.496 e. The Morgan fingerprint density at radius 2 is 2.22 bits per heavy atom. The van der Waals surface area contributed by atoms with Crippen molar-refractivity contribution in [3.63, 3.8) is 0 Å². The van der Waals surface area contributed by atoms with Gasteiger partial charge < -0.3 is 9.84 Å². The predicted octanol–water partition coefficient (Wildman–Crippen LogP) is 3.44. The molecule has 0 atom stereocenters. The SMILES string of the molecule is COc1ccc(C=CCCCl)cc1/C=C/C(=O)O. The summed E-state index contributed by atoms with van der Waals surface area (Å²) in [6.45, 7) is 0. The van der Waals surface area contributed by atoms with Crippen molar-refractivity contribution in [1.82, 2.24) is 0 Å². The predicted molar refractivity (Wildman–Crippen MR) is 74.0 cm³/mol. The number of rotatable bonds is 6. The summed E-state index contributed by atoms with van der Waals surface area (Å²) in [7, 11) is 1.55. The number of carboxylic acids is 1. The molecule has 0 radical (unpaired) electrons. The van der Waals surface area contributed by atoms with Gasteiger partial charge in [-0.25, -0.2) is 4.79 Å². The summed E-state index contributed by atoms with van der Waals surface area (Å²) in [6.07, 6.45) is 7.32. The molecule has 0 unspecified atom stereocenters. The summed E-state index contributed by atoms with van der Waals surface area (Å²) in [5, 5.41) is 8.62. The van der Waals surface area contributed by atoms with E-state index in [1.165, 1.54) is 6.08 Å². The second-order valence-electron chi connectivity index (χ2n) is 3.55. The molecule has 0 amide bonds. The molecule has 18 heavy (non-hydrogen) atoms. The Morgan fingerprint density at radius 1 is 1.44 bits per heavy atom. The second-order valence-corrected chi connectivity index (χ2v) is 3.93. The first kappa shape index (κ1) is 14.3. The van der Waals surface area contributed by atoms with E-state index in [1.807, 2.05) is 30.4 Å². The van der Waals surface area contributed by atoms with Crippen LogP contribution in [0.25, 0.3) is 12.2 Å². The number of hydrogen-bond donors (Lipinski definition) is 1. The number of halogens is 1. The molecule has 0 bridgehead atoms. The van der Waals surface area contributed by atoms with Gasteiger partial charge in [-0.15, -0.1) is 11.6 Å². The average Bonchev–Trinajstić information content (AvgIpc) is 2.37. The van der Waals surface area contributed by atoms with E-state index in [9.17, 15) is 4.79 Å². The zero-order valence-electron chi connectivity index (χ0n) is 10.1. The molecule has 1 N–H and O–H groups in total. The fourth-order valence-electron chi connectivity index (χ4n) is 1.43. The zero-order valence-corrected chi connectivity index (χ0v) is 10.9. The van der Waals surface area contributed by atoms with E-state index in [-0.39, 0.29) is 0 Å². The monoisotopic (exact) mass is 266 g/mol. The smallest absolute Gasteiger partial charge is 0.328 e. The van der Waals surface area contributed by atoms with Gasteiger partial charge in [0, 0.05) is 17.5 Å². The van der Waals surface area contributed by atoms with Crippen LogP contribution in [0.5, 0.6) is 5.75 Å². The van der Waals surface area contributed by atoms with Crippen molar-refractivity contribution in [2.24, 2.45) is 0 Å². The van der Waals surface area contributed by atoms with Crippen LogP contribution in [0.1, 0.15) is 17.5 Å². The number of benzene rings is 1. The second kappa shape index (κ2) is 7.56. The zero-order chi connectivity index (χ0) is 13.4. The van der Waals surface area contributed by atoms with Crippen molar-refractivity contribution in [3.05, 3.63) is 41.5 Å². The minimum Gasteiger partial charge on any atom is -0.496 e. The lowest BCUT2D eigenvalue weighted by atomic mass is 10.1. The first-order valence-corrected chi connectivity index (χ1v) is 6.02. The summed E-state index contributed by atoms with van der Waals surface area (Å²) in [5.74, 6) is 0.237. The third-order valence-corrected chi connectivity index (χ3v) is 2.46. The summed E-state index contributed by atoms with van der Waals surface area (Å²) in [5.41, 5.74) is 1.71. The Labute approximate surface area is 111 Å². The molecule has 1 rings (SSSR count). The maximum atomic E-state index is 10.5. The van der Waals surface area contributed by atoms with Gasteiger partial charge in [-0.1, -0.05) is 18.2 Å². The lowest BCUT2D eigenvalue weighted by Gasteiger charge is -2.05. The number of allylic oxidation sites excluding steroid dienone is 1. The van der Waals surface area contributed by atoms with Crippen LogP contribution in [0.2, 0.25) is 0 Å². The van der Waals surface area contributed by atoms with E-state index in [2.05, 4.69) is 0 Å². The van der Waals surface area contributed by atoms with Crippen molar-refractivity contribution < 1.29 is 14.6 Å². The topological polar surface area (TPSA) is 46.5 Å². The molecule has 3 nitrogen and oxygen atoms in total. The number of hydrogen-bond acceptors (Lipinski definition) is 2. The standard InChI is InChI=1S/C14H15ClO3/c1-18-13-7-5-11(4-2-3-9-15)10-12(13)6-8-14(16)17/h2,4-8,10H,3,9H2,1H3,(H,16,17)/b4-2?,8-6+. The molecule has 0 aliphatic rings. The van der Waals surface area contributed by atoms with Crippen LogP contribution in [0.3, 0.4) is 0 Å². The molecular formula is C14H15ClO3. The fourth-order valence-corrected chi connectivity index (χ4v) is 1.56. The van der Waals surface area contributed by atoms with Gasteiger partial charge >= 0.3 is 5.97 Å². The highest BCUT2D eigenvalue weighted by Crippen LogP contribution is 2.22. The highest BCUT2D eigenvalue weighted by Gasteiger charge is 2.00. The van der Waals surface area contributed by atoms with Crippen LogP contribution in [0.15, 0.2) is 30.4 Å². The molecule has 0 saturated carbocycles. The van der Waals surface area contributed by atoms with Gasteiger partial charge in [0.15, 0.2) is 0 Å². The number of methoxy groups -OCH3 is 1. The van der Waals surface area contributed by atoms with Crippen molar-refractivity contribution in [3.8, 4) is 5.75 Å². The van der Waals surface area contributed by atoms with Gasteiger partial charge in [-0.3, -0.25) is 0 Å². The Morgan fingerprint density at radius 3 is 2.83 bits per heavy atom. The number of ether oxygens (including phenoxy) is 1. The van der Waals surface area contributed by atoms with Crippen LogP contribution in [0.4, 0.5) is 0 Å². The fraction of sp³-hybridized carbons (Fsp3) is 0.214. The van der Waals surface area contributed by atoms with E-state index in [4.69, 9.17) is 21.4 Å². The van der Waals surface area contributed by atoms with E-state index in [0.29, 0.717) is 11.6 Å². The molecule has 0 aromatic heterocycles. The summed E-state index contributed by atoms with van der Waals surface area (Å²) >= 11 is 5.58. The van der Waals surface area contributed by atoms with Crippen LogP contribution < -0.4 is 4.74 Å². The van der Waals surface area contributed by atoms with Gasteiger partial charge in [0.05, 0.1) is 7.11 Å². The molecule has 4 heteroatoms. The summed E-state index contributed by atoms with van der Waals surface area (Å²) < 4.78 is 5.17. The van der Waals surface area contributed by atoms with E-state index in [1.54, 1.807) is 7.11 Å². The molecule has 1 aromatic carbocycles. The molecule has 0 aliphatic carbocycles. The first-order valence-electron chi connectivity index (χ1n) is 5.49. The maximum absolute atomic E-state index is 10.5. The van der Waals surface area contributed by atoms with Crippen LogP contribution in [0, 0.1) is 0 Å². The molecule has 0 aliphatic heterocycles. The highest BCUT2D eigenvalue weighted by molar-refractivity contribution is 6.17. The molecule has 0 spiro atoms. The summed E-state index contributed by atoms with van der Waals surface area (Å²) in [4.78, 5) is 10.5. The van der Waals surface area contributed by atoms with Crippen LogP contribution >= 0.6 is 11.6 Å². The molecular weight excluding hydrogens is 252 g/mol. The van der Waals surface area contributed by atoms with Crippen molar-refractivity contribution in [1.29, 1.82) is 0 Å². The van der Waals surface area contributed by atoms with Gasteiger partial charge in [0.1, 0.15) is 5.75 Å². The normalized spacial score (nSPS) is 11.2. The molecule has 1 aromatic rings. The maximum Gasteiger partial charge on any atom is 0.328 e. The minimum atomic E-state index is -0.986. The lowest BCUT2D eigenvalue weighted by Crippen LogP contribution is -1.90. The van der Waals surface area contributed by atoms with Crippen LogP contribution in [-0.4, -0.2) is 24.1 Å². The van der Waals surface area contributed by atoms with E-state index >= 15 is 0 Å². The minimum absolute atomic E-state index is 0.582. The van der Waals surface area contributed by atoms with Crippen molar-refractivity contribution in [2.45, 2.75) is 6.42 Å². The Kier molecular flexibility index (Phi) is 6.01. The van der Waals surface area contributed by atoms with Gasteiger partial charge in [-0.2, -0.15) is 0 Å². The molecule has 96 valence electrons. The van der Waals surface area contributed by atoms with Gasteiger partial charge in [0.2, 0.25) is 0 Å². The van der Waals surface area contributed by atoms with E-state index in [0.717, 1.165) is 23.6 Å². The third kappa shape index (κ3) is 4.63. The van der Waals surface area contributed by atoms with Gasteiger partial charge in [0.25, 0.3) is 0 Å². The van der Waals surface area contributed by atoms with Gasteiger partial charge in [-0.05, 0) is 30.2 Å². The quantitative estimate of drug-likeness (QED) is 0.634. The van der Waals surface area contributed by atoms with Crippen molar-refractivity contribution >= 4 is 29.7 Å². The highest BCUT2D eigenvalue weighted by atomic mass is 35.5. The molecule has 0 heterocycles. The van der Waals surface area contributed by atoms with E-state index < -0.39 is 5.97 Å². The van der Waals surface area contributed by atoms with Crippen LogP contribution in [-0.2, 0) is 4.79 Å². The third-order valence-electron chi connectivity index (χ3n) is 2.25. The Hall–Kier alpha value is -1.74. The lowest BCUT2D eigenvalue weighted by molar-refractivity contribution is -0.131. The first-order chi connectivity index (χ1) is 8.67. The molecule has 0 fully saturated rings. The summed E-state index contributed by atoms with van der Waals surface area (Å²) in [6, 6.07) is 5.58. The molecule has 0 saturated heterocycles. The van der Waals surface area contributed by atoms with Crippen molar-refractivity contribution in [2.75, 3.05) is 13.0 Å². The Balaban J connectivity index is 2.98. The number of carboxylic acid groups (broad SMARTS) is 1. The number of alkyl halides is 1. The average molecular weight is 267 g/mol.